The van der Waals surface area contributed by atoms with E-state index in [9.17, 15) is 4.79 Å². The Morgan fingerprint density at radius 3 is 2.56 bits per heavy atom. The fourth-order valence-electron chi connectivity index (χ4n) is 4.26. The summed E-state index contributed by atoms with van der Waals surface area (Å²) in [5, 5.41) is 0. The van der Waals surface area contributed by atoms with Crippen molar-refractivity contribution in [2.75, 3.05) is 40.9 Å². The Kier molecular flexibility index (Phi) is 6.24. The van der Waals surface area contributed by atoms with E-state index in [-0.39, 0.29) is 5.91 Å². The van der Waals surface area contributed by atoms with Crippen LogP contribution in [0, 0.1) is 0 Å². The number of rotatable bonds is 4. The molecule has 6 nitrogen and oxygen atoms in total. The predicted molar refractivity (Wildman–Crippen MR) is 127 cm³/mol. The van der Waals surface area contributed by atoms with Gasteiger partial charge in [-0.25, -0.2) is 0 Å². The van der Waals surface area contributed by atoms with Gasteiger partial charge >= 0.3 is 0 Å². The zero-order chi connectivity index (χ0) is 22.8. The van der Waals surface area contributed by atoms with Crippen LogP contribution in [0.15, 0.2) is 71.7 Å². The summed E-state index contributed by atoms with van der Waals surface area (Å²) in [6.07, 6.45) is 11.8. The fourth-order valence-corrected chi connectivity index (χ4v) is 4.26. The number of fused-ring (bicyclic) bond motifs is 1. The molecule has 3 aliphatic rings. The molecule has 0 radical (unpaired) electrons. The maximum Gasteiger partial charge on any atom is 0.255 e. The molecule has 1 aromatic carbocycles. The van der Waals surface area contributed by atoms with E-state index in [0.717, 1.165) is 47.7 Å². The minimum Gasteiger partial charge on any atom is -0.493 e. The topological polar surface area (TPSA) is 45.2 Å². The standard InChI is InChI=1S/C26H31N3O3/c1-18-13-22(28-12-11-27(3)19(2)16-28)17-29-23(18)8-6-7-20(15-26(29)30)21-9-10-24(31-4)25(14-21)32-5/h6-10,13-15,17,19H,11-12,16H2,1-5H3/b7-6+,20-15+,23-8+/t19-/m1/s1. The first-order valence-corrected chi connectivity index (χ1v) is 10.9. The van der Waals surface area contributed by atoms with Crippen molar-refractivity contribution < 1.29 is 14.3 Å². The lowest BCUT2D eigenvalue weighted by atomic mass is 10.0. The molecule has 1 fully saturated rings. The molecular formula is C26H31N3O3. The first-order valence-electron chi connectivity index (χ1n) is 10.9. The van der Waals surface area contributed by atoms with Gasteiger partial charge in [0.05, 0.1) is 25.6 Å². The molecule has 3 heterocycles. The van der Waals surface area contributed by atoms with Gasteiger partial charge in [-0.3, -0.25) is 9.69 Å². The molecule has 0 unspecified atom stereocenters. The average molecular weight is 434 g/mol. The molecule has 3 aliphatic heterocycles. The number of methoxy groups -OCH3 is 2. The molecule has 4 rings (SSSR count). The van der Waals surface area contributed by atoms with Crippen LogP contribution < -0.4 is 9.47 Å². The van der Waals surface area contributed by atoms with Crippen LogP contribution in [-0.4, -0.2) is 67.6 Å². The second kappa shape index (κ2) is 9.09. The molecule has 0 aliphatic carbocycles. The maximum absolute atomic E-state index is 13.4. The van der Waals surface area contributed by atoms with Crippen molar-refractivity contribution in [2.45, 2.75) is 19.9 Å². The first-order chi connectivity index (χ1) is 15.4. The van der Waals surface area contributed by atoms with E-state index in [1.165, 1.54) is 0 Å². The van der Waals surface area contributed by atoms with Crippen molar-refractivity contribution in [1.82, 2.24) is 14.7 Å². The number of piperazine rings is 1. The first kappa shape index (κ1) is 22.0. The minimum atomic E-state index is -0.0717. The van der Waals surface area contributed by atoms with Crippen LogP contribution in [0.25, 0.3) is 5.57 Å². The van der Waals surface area contributed by atoms with E-state index >= 15 is 0 Å². The van der Waals surface area contributed by atoms with Gasteiger partial charge in [0.15, 0.2) is 11.5 Å². The van der Waals surface area contributed by atoms with Crippen molar-refractivity contribution in [3.05, 3.63) is 77.3 Å². The van der Waals surface area contributed by atoms with Crippen molar-refractivity contribution in [3.8, 4) is 11.5 Å². The number of hydrogen-bond acceptors (Lipinski definition) is 5. The lowest BCUT2D eigenvalue weighted by Gasteiger charge is -2.41. The monoisotopic (exact) mass is 433 g/mol. The van der Waals surface area contributed by atoms with Crippen molar-refractivity contribution in [3.63, 3.8) is 0 Å². The molecule has 1 amide bonds. The zero-order valence-corrected chi connectivity index (χ0v) is 19.5. The molecule has 1 saturated heterocycles. The number of amides is 1. The summed E-state index contributed by atoms with van der Waals surface area (Å²) in [7, 11) is 5.38. The highest BCUT2D eigenvalue weighted by Gasteiger charge is 2.27. The predicted octanol–water partition coefficient (Wildman–Crippen LogP) is 3.81. The second-order valence-corrected chi connectivity index (χ2v) is 8.45. The Labute approximate surface area is 190 Å². The number of allylic oxidation sites excluding steroid dienone is 6. The van der Waals surface area contributed by atoms with Gasteiger partial charge in [0.1, 0.15) is 0 Å². The van der Waals surface area contributed by atoms with E-state index in [2.05, 4.69) is 36.8 Å². The SMILES string of the molecule is COc1ccc(C2=C\C(=O)N3C=C(N4CCN(C)[C@H](C)C4)C=C(C)\C3=C/C=C/2)cc1OC. The van der Waals surface area contributed by atoms with Gasteiger partial charge in [0, 0.05) is 38.0 Å². The van der Waals surface area contributed by atoms with E-state index in [1.807, 2.05) is 42.6 Å². The highest BCUT2D eigenvalue weighted by atomic mass is 16.5. The Bertz CT molecular complexity index is 1060. The minimum absolute atomic E-state index is 0.0717. The van der Waals surface area contributed by atoms with Gasteiger partial charge in [-0.15, -0.1) is 0 Å². The molecule has 1 atom stereocenters. The number of hydrogen-bond donors (Lipinski definition) is 0. The van der Waals surface area contributed by atoms with E-state index in [4.69, 9.17) is 9.47 Å². The van der Waals surface area contributed by atoms with Crippen LogP contribution in [-0.2, 0) is 4.79 Å². The van der Waals surface area contributed by atoms with E-state index in [0.29, 0.717) is 17.5 Å². The zero-order valence-electron chi connectivity index (χ0n) is 19.5. The summed E-state index contributed by atoms with van der Waals surface area (Å²) in [4.78, 5) is 19.9. The van der Waals surface area contributed by atoms with Gasteiger partial charge < -0.3 is 19.3 Å². The molecule has 0 saturated carbocycles. The van der Waals surface area contributed by atoms with Gasteiger partial charge in [0.2, 0.25) is 0 Å². The number of carbonyl (C=O) groups excluding carboxylic acids is 1. The number of nitrogens with zero attached hydrogens (tertiary/aromatic N) is 3. The fraction of sp³-hybridized carbons (Fsp3) is 0.346. The number of likely N-dealkylation sites (N-methyl/N-ethyl adjacent to an activating group) is 1. The Morgan fingerprint density at radius 2 is 1.84 bits per heavy atom. The molecule has 0 N–H and O–H groups in total. The van der Waals surface area contributed by atoms with Crippen LogP contribution in [0.3, 0.4) is 0 Å². The third-order valence-corrected chi connectivity index (χ3v) is 6.38. The highest BCUT2D eigenvalue weighted by molar-refractivity contribution is 6.00. The summed E-state index contributed by atoms with van der Waals surface area (Å²) in [6.45, 7) is 7.20. The van der Waals surface area contributed by atoms with E-state index < -0.39 is 0 Å². The van der Waals surface area contributed by atoms with Gasteiger partial charge in [0.25, 0.3) is 5.91 Å². The largest absolute Gasteiger partial charge is 0.493 e. The lowest BCUT2D eigenvalue weighted by molar-refractivity contribution is -0.122. The summed E-state index contributed by atoms with van der Waals surface area (Å²) in [6, 6.07) is 6.15. The Morgan fingerprint density at radius 1 is 1.06 bits per heavy atom. The average Bonchev–Trinajstić information content (AvgIpc) is 2.79. The molecule has 1 aromatic rings. The molecule has 32 heavy (non-hydrogen) atoms. The smallest absolute Gasteiger partial charge is 0.255 e. The summed E-state index contributed by atoms with van der Waals surface area (Å²) >= 11 is 0. The van der Waals surface area contributed by atoms with Crippen molar-refractivity contribution >= 4 is 11.5 Å². The number of carbonyl (C=O) groups is 1. The van der Waals surface area contributed by atoms with Crippen molar-refractivity contribution in [1.29, 1.82) is 0 Å². The van der Waals surface area contributed by atoms with Crippen molar-refractivity contribution in [2.24, 2.45) is 0 Å². The van der Waals surface area contributed by atoms with E-state index in [1.54, 1.807) is 25.2 Å². The summed E-state index contributed by atoms with van der Waals surface area (Å²) < 4.78 is 10.8. The normalized spacial score (nSPS) is 25.9. The van der Waals surface area contributed by atoms with Crippen LogP contribution >= 0.6 is 0 Å². The van der Waals surface area contributed by atoms with Crippen LogP contribution in [0.1, 0.15) is 19.4 Å². The number of benzene rings is 1. The Hall–Kier alpha value is -3.25. The third-order valence-electron chi connectivity index (χ3n) is 6.38. The molecular weight excluding hydrogens is 402 g/mol. The van der Waals surface area contributed by atoms with Crippen LogP contribution in [0.4, 0.5) is 0 Å². The summed E-state index contributed by atoms with van der Waals surface area (Å²) in [5.74, 6) is 1.22. The molecule has 0 bridgehead atoms. The summed E-state index contributed by atoms with van der Waals surface area (Å²) in [5.41, 5.74) is 4.78. The maximum atomic E-state index is 13.4. The molecule has 0 aromatic heterocycles. The third kappa shape index (κ3) is 4.23. The molecule has 168 valence electrons. The molecule has 6 heteroatoms. The van der Waals surface area contributed by atoms with Crippen LogP contribution in [0.5, 0.6) is 11.5 Å². The van der Waals surface area contributed by atoms with Gasteiger partial charge in [-0.1, -0.05) is 18.2 Å². The van der Waals surface area contributed by atoms with Crippen LogP contribution in [0.2, 0.25) is 0 Å². The highest BCUT2D eigenvalue weighted by Crippen LogP contribution is 2.33. The van der Waals surface area contributed by atoms with Gasteiger partial charge in [-0.2, -0.15) is 0 Å². The number of ether oxygens (including phenoxy) is 2. The van der Waals surface area contributed by atoms with Gasteiger partial charge in [-0.05, 0) is 61.9 Å². The Balaban J connectivity index is 1.67. The quantitative estimate of drug-likeness (QED) is 0.723. The second-order valence-electron chi connectivity index (χ2n) is 8.45. The lowest BCUT2D eigenvalue weighted by Crippen LogP contribution is -2.49. The molecule has 0 spiro atoms.